The van der Waals surface area contributed by atoms with E-state index in [1.807, 2.05) is 0 Å². The molecule has 0 aliphatic carbocycles. The molecule has 3 aromatic rings. The molecule has 7 nitrogen and oxygen atoms in total. The Morgan fingerprint density at radius 2 is 1.72 bits per heavy atom. The fourth-order valence-electron chi connectivity index (χ4n) is 3.50. The maximum atomic E-state index is 13.4. The Bertz CT molecular complexity index is 1200. The Kier molecular flexibility index (Phi) is 6.33. The van der Waals surface area contributed by atoms with Gasteiger partial charge >= 0.3 is 0 Å². The summed E-state index contributed by atoms with van der Waals surface area (Å²) >= 11 is 0. The van der Waals surface area contributed by atoms with Gasteiger partial charge in [-0.3, -0.25) is 4.79 Å². The number of carbonyl (C=O) groups excluding carboxylic acids is 1. The van der Waals surface area contributed by atoms with Crippen molar-refractivity contribution in [1.29, 1.82) is 0 Å². The van der Waals surface area contributed by atoms with Crippen LogP contribution in [-0.2, 0) is 21.2 Å². The third kappa shape index (κ3) is 4.86. The van der Waals surface area contributed by atoms with Gasteiger partial charge in [0.05, 0.1) is 11.1 Å². The number of halogens is 2. The van der Waals surface area contributed by atoms with E-state index in [4.69, 9.17) is 4.42 Å². The highest BCUT2D eigenvalue weighted by Gasteiger charge is 2.30. The van der Waals surface area contributed by atoms with Gasteiger partial charge < -0.3 is 9.32 Å². The number of hydrogen-bond donors (Lipinski definition) is 0. The molecule has 0 atom stereocenters. The van der Waals surface area contributed by atoms with Gasteiger partial charge in [-0.2, -0.15) is 4.31 Å². The average molecular weight is 461 g/mol. The highest BCUT2D eigenvalue weighted by Crippen LogP contribution is 2.22. The van der Waals surface area contributed by atoms with Crippen molar-refractivity contribution in [1.82, 2.24) is 14.2 Å². The number of nitrogens with zero attached hydrogens (tertiary/aromatic N) is 3. The number of aryl methyl sites for hydroxylation is 1. The first kappa shape index (κ1) is 22.1. The van der Waals surface area contributed by atoms with E-state index in [9.17, 15) is 22.0 Å². The van der Waals surface area contributed by atoms with Crippen LogP contribution < -0.4 is 0 Å². The van der Waals surface area contributed by atoms with Crippen LogP contribution in [-0.4, -0.2) is 54.7 Å². The molecule has 32 heavy (non-hydrogen) atoms. The van der Waals surface area contributed by atoms with Crippen molar-refractivity contribution in [3.05, 3.63) is 72.3 Å². The van der Waals surface area contributed by atoms with Crippen LogP contribution in [0.25, 0.3) is 11.3 Å². The van der Waals surface area contributed by atoms with Crippen LogP contribution in [0.4, 0.5) is 8.78 Å². The first-order valence-electron chi connectivity index (χ1n) is 10.1. The number of oxazole rings is 1. The fourth-order valence-corrected chi connectivity index (χ4v) is 4.95. The van der Waals surface area contributed by atoms with E-state index in [1.165, 1.54) is 40.8 Å². The molecule has 10 heteroatoms. The number of sulfonamides is 1. The SMILES string of the molecule is O=C(CCc1ncc(-c2ccc(F)cc2)o1)N1CCN(S(=O)(=O)c2cccc(F)c2)CC1. The molecule has 1 fully saturated rings. The van der Waals surface area contributed by atoms with Crippen LogP contribution in [0.1, 0.15) is 12.3 Å². The second kappa shape index (κ2) is 9.17. The lowest BCUT2D eigenvalue weighted by Crippen LogP contribution is -2.50. The minimum Gasteiger partial charge on any atom is -0.441 e. The Balaban J connectivity index is 1.30. The predicted octanol–water partition coefficient (Wildman–Crippen LogP) is 3.09. The Morgan fingerprint density at radius 3 is 2.41 bits per heavy atom. The number of piperazine rings is 1. The summed E-state index contributed by atoms with van der Waals surface area (Å²) in [6, 6.07) is 10.7. The summed E-state index contributed by atoms with van der Waals surface area (Å²) < 4.78 is 58.7. The summed E-state index contributed by atoms with van der Waals surface area (Å²) in [4.78, 5) is 18.2. The summed E-state index contributed by atoms with van der Waals surface area (Å²) in [6.45, 7) is 0.774. The van der Waals surface area contributed by atoms with Crippen LogP contribution >= 0.6 is 0 Å². The van der Waals surface area contributed by atoms with Crippen LogP contribution in [0.15, 0.2) is 64.0 Å². The zero-order valence-electron chi connectivity index (χ0n) is 17.1. The summed E-state index contributed by atoms with van der Waals surface area (Å²) in [7, 11) is -3.81. The van der Waals surface area contributed by atoms with E-state index in [2.05, 4.69) is 4.98 Å². The van der Waals surface area contributed by atoms with E-state index in [0.717, 1.165) is 6.07 Å². The first-order chi connectivity index (χ1) is 15.3. The molecule has 0 N–H and O–H groups in total. The van der Waals surface area contributed by atoms with E-state index in [-0.39, 0.29) is 49.2 Å². The first-order valence-corrected chi connectivity index (χ1v) is 11.5. The monoisotopic (exact) mass is 461 g/mol. The highest BCUT2D eigenvalue weighted by atomic mass is 32.2. The second-order valence-electron chi connectivity index (χ2n) is 7.37. The molecular weight excluding hydrogens is 440 g/mol. The lowest BCUT2D eigenvalue weighted by atomic mass is 10.2. The van der Waals surface area contributed by atoms with Gasteiger partial charge in [0, 0.05) is 44.6 Å². The Hall–Kier alpha value is -3.11. The lowest BCUT2D eigenvalue weighted by molar-refractivity contribution is -0.132. The zero-order valence-corrected chi connectivity index (χ0v) is 17.9. The number of hydrogen-bond acceptors (Lipinski definition) is 5. The number of amides is 1. The van der Waals surface area contributed by atoms with Crippen molar-refractivity contribution < 1.29 is 26.4 Å². The molecule has 0 radical (unpaired) electrons. The van der Waals surface area contributed by atoms with E-state index < -0.39 is 15.8 Å². The molecule has 0 saturated carbocycles. The van der Waals surface area contributed by atoms with Gasteiger partial charge in [0.2, 0.25) is 15.9 Å². The number of carbonyl (C=O) groups is 1. The normalized spacial score (nSPS) is 15.1. The quantitative estimate of drug-likeness (QED) is 0.563. The van der Waals surface area contributed by atoms with Crippen LogP contribution in [0.5, 0.6) is 0 Å². The largest absolute Gasteiger partial charge is 0.441 e. The maximum Gasteiger partial charge on any atom is 0.243 e. The summed E-state index contributed by atoms with van der Waals surface area (Å²) in [5.41, 5.74) is 0.687. The van der Waals surface area contributed by atoms with Crippen molar-refractivity contribution in [2.75, 3.05) is 26.2 Å². The van der Waals surface area contributed by atoms with Crippen molar-refractivity contribution in [2.45, 2.75) is 17.7 Å². The molecule has 1 amide bonds. The molecular formula is C22H21F2N3O4S. The standard InChI is InChI=1S/C22H21F2N3O4S/c23-17-6-4-16(5-7-17)20-15-25-21(31-20)8-9-22(28)26-10-12-27(13-11-26)32(29,30)19-3-1-2-18(24)14-19/h1-7,14-15H,8-13H2. The molecule has 1 aliphatic rings. The summed E-state index contributed by atoms with van der Waals surface area (Å²) in [5.74, 6) is -0.208. The van der Waals surface area contributed by atoms with Gasteiger partial charge in [-0.25, -0.2) is 22.2 Å². The molecule has 0 spiro atoms. The molecule has 168 valence electrons. The molecule has 2 heterocycles. The van der Waals surface area contributed by atoms with Crippen molar-refractivity contribution in [3.8, 4) is 11.3 Å². The highest BCUT2D eigenvalue weighted by molar-refractivity contribution is 7.89. The zero-order chi connectivity index (χ0) is 22.7. The fraction of sp³-hybridized carbons (Fsp3) is 0.273. The maximum absolute atomic E-state index is 13.4. The summed E-state index contributed by atoms with van der Waals surface area (Å²) in [6.07, 6.45) is 1.99. The van der Waals surface area contributed by atoms with E-state index in [0.29, 0.717) is 23.6 Å². The Labute approximate surface area is 184 Å². The van der Waals surface area contributed by atoms with E-state index >= 15 is 0 Å². The smallest absolute Gasteiger partial charge is 0.243 e. The molecule has 0 bridgehead atoms. The molecule has 1 aromatic heterocycles. The Morgan fingerprint density at radius 1 is 1.00 bits per heavy atom. The van der Waals surface area contributed by atoms with Crippen LogP contribution in [0, 0.1) is 11.6 Å². The predicted molar refractivity (Wildman–Crippen MR) is 112 cm³/mol. The topological polar surface area (TPSA) is 83.7 Å². The third-order valence-electron chi connectivity index (χ3n) is 5.26. The van der Waals surface area contributed by atoms with Gasteiger partial charge in [0.25, 0.3) is 0 Å². The lowest BCUT2D eigenvalue weighted by Gasteiger charge is -2.34. The molecule has 4 rings (SSSR count). The van der Waals surface area contributed by atoms with Crippen molar-refractivity contribution in [3.63, 3.8) is 0 Å². The summed E-state index contributed by atoms with van der Waals surface area (Å²) in [5, 5.41) is 0. The van der Waals surface area contributed by atoms with Crippen LogP contribution in [0.2, 0.25) is 0 Å². The van der Waals surface area contributed by atoms with E-state index in [1.54, 1.807) is 17.0 Å². The minimum atomic E-state index is -3.81. The number of benzene rings is 2. The molecule has 1 aliphatic heterocycles. The number of aromatic nitrogens is 1. The second-order valence-corrected chi connectivity index (χ2v) is 9.31. The average Bonchev–Trinajstić information content (AvgIpc) is 3.27. The van der Waals surface area contributed by atoms with Gasteiger partial charge in [0.1, 0.15) is 11.6 Å². The number of rotatable bonds is 6. The minimum absolute atomic E-state index is 0.0990. The van der Waals surface area contributed by atoms with Crippen molar-refractivity contribution >= 4 is 15.9 Å². The van der Waals surface area contributed by atoms with Gasteiger partial charge in [-0.05, 0) is 42.5 Å². The molecule has 2 aromatic carbocycles. The van der Waals surface area contributed by atoms with Gasteiger partial charge in [-0.15, -0.1) is 0 Å². The molecule has 1 saturated heterocycles. The third-order valence-corrected chi connectivity index (χ3v) is 7.15. The van der Waals surface area contributed by atoms with Crippen LogP contribution in [0.3, 0.4) is 0 Å². The van der Waals surface area contributed by atoms with Gasteiger partial charge in [0.15, 0.2) is 11.7 Å². The van der Waals surface area contributed by atoms with Crippen molar-refractivity contribution in [2.24, 2.45) is 0 Å². The van der Waals surface area contributed by atoms with Gasteiger partial charge in [-0.1, -0.05) is 6.07 Å². The molecule has 0 unspecified atom stereocenters.